The first-order valence-corrected chi connectivity index (χ1v) is 7.40. The number of carbonyl (C=O) groups is 1. The number of thiophene rings is 1. The van der Waals surface area contributed by atoms with Gasteiger partial charge in [0.05, 0.1) is 5.69 Å². The third-order valence-corrected chi connectivity index (χ3v) is 4.62. The molecule has 3 rings (SSSR count). The van der Waals surface area contributed by atoms with Crippen molar-refractivity contribution in [1.82, 2.24) is 9.88 Å². The molecule has 0 saturated heterocycles. The van der Waals surface area contributed by atoms with Gasteiger partial charge < -0.3 is 10.6 Å². The van der Waals surface area contributed by atoms with E-state index in [1.54, 1.807) is 0 Å². The van der Waals surface area contributed by atoms with Crippen LogP contribution in [-0.4, -0.2) is 28.4 Å². The molecule has 1 aliphatic rings. The van der Waals surface area contributed by atoms with Crippen LogP contribution in [0.25, 0.3) is 10.2 Å². The van der Waals surface area contributed by atoms with Crippen molar-refractivity contribution in [2.45, 2.75) is 32.7 Å². The van der Waals surface area contributed by atoms with Gasteiger partial charge in [0.2, 0.25) is 0 Å². The third-order valence-electron chi connectivity index (χ3n) is 3.52. The van der Waals surface area contributed by atoms with Crippen molar-refractivity contribution in [1.29, 1.82) is 0 Å². The van der Waals surface area contributed by atoms with Crippen LogP contribution in [0.2, 0.25) is 0 Å². The van der Waals surface area contributed by atoms with Crippen LogP contribution in [-0.2, 0) is 0 Å². The maximum Gasteiger partial charge on any atom is 0.266 e. The second kappa shape index (κ2) is 4.49. The number of nitrogen functional groups attached to an aromatic ring is 1. The highest BCUT2D eigenvalue weighted by molar-refractivity contribution is 7.21. The van der Waals surface area contributed by atoms with Gasteiger partial charge in [0.15, 0.2) is 0 Å². The van der Waals surface area contributed by atoms with Gasteiger partial charge in [0, 0.05) is 23.7 Å². The lowest BCUT2D eigenvalue weighted by atomic mass is 10.2. The summed E-state index contributed by atoms with van der Waals surface area (Å²) in [5, 5.41) is 0.894. The van der Waals surface area contributed by atoms with Gasteiger partial charge in [0.25, 0.3) is 5.91 Å². The van der Waals surface area contributed by atoms with Crippen LogP contribution in [0.5, 0.6) is 0 Å². The van der Waals surface area contributed by atoms with E-state index in [1.807, 2.05) is 30.9 Å². The fourth-order valence-corrected chi connectivity index (χ4v) is 3.43. The van der Waals surface area contributed by atoms with Crippen molar-refractivity contribution < 1.29 is 4.79 Å². The van der Waals surface area contributed by atoms with Crippen LogP contribution in [0.4, 0.5) is 5.69 Å². The largest absolute Gasteiger partial charge is 0.397 e. The minimum Gasteiger partial charge on any atom is -0.397 e. The molecule has 2 aromatic heterocycles. The van der Waals surface area contributed by atoms with Crippen molar-refractivity contribution in [3.8, 4) is 0 Å². The van der Waals surface area contributed by atoms with Gasteiger partial charge in [0.1, 0.15) is 9.71 Å². The minimum absolute atomic E-state index is 0.0585. The SMILES string of the molecule is CCN(C(=O)c1sc2nc(C)ccc2c1N)C1CC1. The normalized spacial score (nSPS) is 14.8. The Morgan fingerprint density at radius 2 is 2.26 bits per heavy atom. The van der Waals surface area contributed by atoms with Crippen LogP contribution >= 0.6 is 11.3 Å². The molecular formula is C14H17N3OS. The van der Waals surface area contributed by atoms with Crippen molar-refractivity contribution in [3.63, 3.8) is 0 Å². The standard InChI is InChI=1S/C14H17N3OS/c1-3-17(9-5-6-9)14(18)12-11(15)10-7-4-8(2)16-13(10)19-12/h4,7,9H,3,5-6,15H2,1-2H3. The van der Waals surface area contributed by atoms with Crippen LogP contribution in [0.15, 0.2) is 12.1 Å². The summed E-state index contributed by atoms with van der Waals surface area (Å²) in [6.45, 7) is 4.70. The van der Waals surface area contributed by atoms with Crippen molar-refractivity contribution >= 4 is 33.1 Å². The molecule has 19 heavy (non-hydrogen) atoms. The zero-order chi connectivity index (χ0) is 13.6. The number of pyridine rings is 1. The van der Waals surface area contributed by atoms with Crippen molar-refractivity contribution in [3.05, 3.63) is 22.7 Å². The monoisotopic (exact) mass is 275 g/mol. The molecule has 0 aromatic carbocycles. The van der Waals surface area contributed by atoms with E-state index in [0.29, 0.717) is 16.6 Å². The van der Waals surface area contributed by atoms with Crippen LogP contribution in [0.3, 0.4) is 0 Å². The van der Waals surface area contributed by atoms with E-state index in [1.165, 1.54) is 11.3 Å². The number of aromatic nitrogens is 1. The van der Waals surface area contributed by atoms with Gasteiger partial charge in [-0.05, 0) is 38.8 Å². The van der Waals surface area contributed by atoms with E-state index in [9.17, 15) is 4.79 Å². The van der Waals surface area contributed by atoms with Crippen LogP contribution in [0, 0.1) is 6.92 Å². The lowest BCUT2D eigenvalue weighted by molar-refractivity contribution is 0.0758. The fourth-order valence-electron chi connectivity index (χ4n) is 2.33. The number of amides is 1. The van der Waals surface area contributed by atoms with Crippen molar-refractivity contribution in [2.75, 3.05) is 12.3 Å². The molecule has 1 amide bonds. The maximum absolute atomic E-state index is 12.6. The number of fused-ring (bicyclic) bond motifs is 1. The van der Waals surface area contributed by atoms with Crippen LogP contribution < -0.4 is 5.73 Å². The van der Waals surface area contributed by atoms with Gasteiger partial charge in [-0.1, -0.05) is 0 Å². The van der Waals surface area contributed by atoms with Gasteiger partial charge >= 0.3 is 0 Å². The lowest BCUT2D eigenvalue weighted by Gasteiger charge is -2.19. The van der Waals surface area contributed by atoms with Crippen molar-refractivity contribution in [2.24, 2.45) is 0 Å². The molecule has 0 spiro atoms. The van der Waals surface area contributed by atoms with E-state index in [2.05, 4.69) is 4.98 Å². The number of carbonyl (C=O) groups excluding carboxylic acids is 1. The quantitative estimate of drug-likeness (QED) is 0.937. The first kappa shape index (κ1) is 12.4. The zero-order valence-corrected chi connectivity index (χ0v) is 12.0. The first-order chi connectivity index (χ1) is 9.11. The minimum atomic E-state index is 0.0585. The highest BCUT2D eigenvalue weighted by Crippen LogP contribution is 2.36. The summed E-state index contributed by atoms with van der Waals surface area (Å²) in [6, 6.07) is 4.29. The Bertz CT molecular complexity index is 645. The predicted molar refractivity (Wildman–Crippen MR) is 78.5 cm³/mol. The highest BCUT2D eigenvalue weighted by atomic mass is 32.1. The Kier molecular flexibility index (Phi) is 2.93. The molecule has 0 unspecified atom stereocenters. The molecule has 1 fully saturated rings. The maximum atomic E-state index is 12.6. The molecule has 0 aliphatic heterocycles. The number of anilines is 1. The molecule has 1 saturated carbocycles. The fraction of sp³-hybridized carbons (Fsp3) is 0.429. The smallest absolute Gasteiger partial charge is 0.266 e. The third kappa shape index (κ3) is 2.08. The number of hydrogen-bond acceptors (Lipinski definition) is 4. The number of rotatable bonds is 3. The molecule has 0 bridgehead atoms. The van der Waals surface area contributed by atoms with E-state index in [4.69, 9.17) is 5.73 Å². The summed E-state index contributed by atoms with van der Waals surface area (Å²) < 4.78 is 0. The molecule has 5 heteroatoms. The number of aryl methyl sites for hydroxylation is 1. The van der Waals surface area contributed by atoms with Crippen LogP contribution in [0.1, 0.15) is 35.1 Å². The van der Waals surface area contributed by atoms with Gasteiger partial charge in [-0.25, -0.2) is 4.98 Å². The number of hydrogen-bond donors (Lipinski definition) is 1. The average molecular weight is 275 g/mol. The lowest BCUT2D eigenvalue weighted by Crippen LogP contribution is -2.32. The Labute approximate surface area is 116 Å². The second-order valence-corrected chi connectivity index (χ2v) is 5.97. The molecule has 2 N–H and O–H groups in total. The average Bonchev–Trinajstić information content (AvgIpc) is 3.15. The van der Waals surface area contributed by atoms with E-state index in [0.717, 1.165) is 35.3 Å². The van der Waals surface area contributed by atoms with Gasteiger partial charge in [-0.3, -0.25) is 4.79 Å². The summed E-state index contributed by atoms with van der Waals surface area (Å²) in [6.07, 6.45) is 2.23. The summed E-state index contributed by atoms with van der Waals surface area (Å²) in [7, 11) is 0. The molecule has 2 heterocycles. The topological polar surface area (TPSA) is 59.2 Å². The Morgan fingerprint density at radius 3 is 2.89 bits per heavy atom. The molecule has 4 nitrogen and oxygen atoms in total. The van der Waals surface area contributed by atoms with E-state index >= 15 is 0 Å². The molecular weight excluding hydrogens is 258 g/mol. The summed E-state index contributed by atoms with van der Waals surface area (Å²) in [4.78, 5) is 20.4. The summed E-state index contributed by atoms with van der Waals surface area (Å²) in [5.74, 6) is 0.0585. The highest BCUT2D eigenvalue weighted by Gasteiger charge is 2.33. The molecule has 2 aromatic rings. The van der Waals surface area contributed by atoms with Gasteiger partial charge in [-0.15, -0.1) is 11.3 Å². The Balaban J connectivity index is 2.04. The molecule has 0 radical (unpaired) electrons. The van der Waals surface area contributed by atoms with Gasteiger partial charge in [-0.2, -0.15) is 0 Å². The summed E-state index contributed by atoms with van der Waals surface area (Å²) in [5.41, 5.74) is 7.65. The molecule has 100 valence electrons. The first-order valence-electron chi connectivity index (χ1n) is 6.58. The predicted octanol–water partition coefficient (Wildman–Crippen LogP) is 2.81. The molecule has 0 atom stereocenters. The Morgan fingerprint density at radius 1 is 1.53 bits per heavy atom. The number of nitrogens with zero attached hydrogens (tertiary/aromatic N) is 2. The number of nitrogens with two attached hydrogens (primary N) is 1. The Hall–Kier alpha value is -1.62. The van der Waals surface area contributed by atoms with E-state index in [-0.39, 0.29) is 5.91 Å². The second-order valence-electron chi connectivity index (χ2n) is 4.97. The molecule has 1 aliphatic carbocycles. The summed E-state index contributed by atoms with van der Waals surface area (Å²) >= 11 is 1.41. The zero-order valence-electron chi connectivity index (χ0n) is 11.1. The van der Waals surface area contributed by atoms with E-state index < -0.39 is 0 Å².